The van der Waals surface area contributed by atoms with Gasteiger partial charge in [-0.25, -0.2) is 9.29 Å². The predicted molar refractivity (Wildman–Crippen MR) is 135 cm³/mol. The third-order valence-corrected chi connectivity index (χ3v) is 8.54. The number of imide groups is 1. The van der Waals surface area contributed by atoms with Gasteiger partial charge in [-0.05, 0) is 60.4 Å². The number of hydrogen-bond acceptors (Lipinski definition) is 5. The highest BCUT2D eigenvalue weighted by atomic mass is 35.5. The second kappa shape index (κ2) is 8.42. The number of hydrogen-bond donors (Lipinski definition) is 0. The van der Waals surface area contributed by atoms with Gasteiger partial charge in [0.1, 0.15) is 24.3 Å². The fourth-order valence-corrected chi connectivity index (χ4v) is 6.88. The maximum Gasteiger partial charge on any atom is 0.238 e. The number of anilines is 1. The number of nitrogens with zero attached hydrogens (tertiary/aromatic N) is 2. The Kier molecular flexibility index (Phi) is 5.11. The minimum absolute atomic E-state index is 0.0485. The van der Waals surface area contributed by atoms with Gasteiger partial charge in [-0.1, -0.05) is 47.1 Å². The monoisotopic (exact) mass is 516 g/mol. The number of carbonyl (C=O) groups is 2. The van der Waals surface area contributed by atoms with Crippen LogP contribution in [0.5, 0.6) is 5.75 Å². The van der Waals surface area contributed by atoms with Crippen molar-refractivity contribution in [1.82, 2.24) is 0 Å². The van der Waals surface area contributed by atoms with E-state index in [9.17, 15) is 14.0 Å². The normalized spacial score (nSPS) is 29.2. The molecule has 0 aromatic heterocycles. The van der Waals surface area contributed by atoms with Gasteiger partial charge in [-0.3, -0.25) is 9.59 Å². The first kappa shape index (κ1) is 22.5. The van der Waals surface area contributed by atoms with Crippen molar-refractivity contribution in [2.24, 2.45) is 34.7 Å². The molecular formula is C29H22ClFN2O4. The molecule has 4 aliphatic rings. The molecule has 2 aliphatic carbocycles. The van der Waals surface area contributed by atoms with Gasteiger partial charge in [0.15, 0.2) is 0 Å². The molecule has 2 aliphatic heterocycles. The van der Waals surface area contributed by atoms with Crippen LogP contribution < -0.4 is 9.64 Å². The molecule has 3 fully saturated rings. The van der Waals surface area contributed by atoms with E-state index >= 15 is 0 Å². The lowest BCUT2D eigenvalue weighted by molar-refractivity contribution is -0.125. The average molecular weight is 517 g/mol. The maximum atomic E-state index is 13.7. The summed E-state index contributed by atoms with van der Waals surface area (Å²) in [6.07, 6.45) is 0.515. The number of halogens is 2. The van der Waals surface area contributed by atoms with Crippen molar-refractivity contribution >= 4 is 34.8 Å². The van der Waals surface area contributed by atoms with Gasteiger partial charge in [-0.2, -0.15) is 0 Å². The smallest absolute Gasteiger partial charge is 0.238 e. The quantitative estimate of drug-likeness (QED) is 0.435. The topological polar surface area (TPSA) is 68.2 Å². The van der Waals surface area contributed by atoms with Crippen molar-refractivity contribution in [3.63, 3.8) is 0 Å². The zero-order valence-corrected chi connectivity index (χ0v) is 20.3. The molecule has 2 heterocycles. The maximum absolute atomic E-state index is 13.7. The van der Waals surface area contributed by atoms with Crippen LogP contribution in [0.25, 0.3) is 0 Å². The van der Waals surface area contributed by atoms with Crippen molar-refractivity contribution in [2.45, 2.75) is 19.1 Å². The lowest BCUT2D eigenvalue weighted by Gasteiger charge is -2.29. The first-order chi connectivity index (χ1) is 18.0. The van der Waals surface area contributed by atoms with Crippen molar-refractivity contribution < 1.29 is 23.6 Å². The first-order valence-corrected chi connectivity index (χ1v) is 12.7. The van der Waals surface area contributed by atoms with Crippen molar-refractivity contribution in [2.75, 3.05) is 4.90 Å². The molecule has 186 valence electrons. The van der Waals surface area contributed by atoms with Crippen LogP contribution in [0.4, 0.5) is 10.1 Å². The minimum atomic E-state index is -0.593. The summed E-state index contributed by atoms with van der Waals surface area (Å²) in [4.78, 5) is 34.0. The van der Waals surface area contributed by atoms with E-state index in [4.69, 9.17) is 21.2 Å². The Morgan fingerprint density at radius 1 is 0.946 bits per heavy atom. The molecule has 7 rings (SSSR count). The second-order valence-corrected chi connectivity index (χ2v) is 10.5. The molecule has 0 radical (unpaired) electrons. The third-order valence-electron chi connectivity index (χ3n) is 8.25. The molecule has 6 atom stereocenters. The Balaban J connectivity index is 1.11. The molecule has 2 amide bonds. The van der Waals surface area contributed by atoms with Gasteiger partial charge >= 0.3 is 0 Å². The zero-order valence-electron chi connectivity index (χ0n) is 19.6. The van der Waals surface area contributed by atoms with Crippen molar-refractivity contribution in [1.29, 1.82) is 0 Å². The summed E-state index contributed by atoms with van der Waals surface area (Å²) in [5.41, 5.74) is 3.13. The summed E-state index contributed by atoms with van der Waals surface area (Å²) in [5.74, 6) is -1.45. The number of rotatable bonds is 5. The van der Waals surface area contributed by atoms with E-state index in [2.05, 4.69) is 5.16 Å². The molecule has 8 heteroatoms. The van der Waals surface area contributed by atoms with E-state index in [1.165, 1.54) is 23.1 Å². The van der Waals surface area contributed by atoms with Gasteiger partial charge in [0.2, 0.25) is 11.8 Å². The van der Waals surface area contributed by atoms with Gasteiger partial charge in [0.25, 0.3) is 0 Å². The van der Waals surface area contributed by atoms with Crippen LogP contribution in [0.15, 0.2) is 78.0 Å². The lowest BCUT2D eigenvalue weighted by atomic mass is 9.71. The van der Waals surface area contributed by atoms with E-state index in [0.717, 1.165) is 29.0 Å². The van der Waals surface area contributed by atoms with E-state index in [1.54, 1.807) is 0 Å². The van der Waals surface area contributed by atoms with Crippen molar-refractivity contribution in [3.8, 4) is 5.75 Å². The summed E-state index contributed by atoms with van der Waals surface area (Å²) in [6, 6.07) is 21.6. The Labute approximate surface area is 217 Å². The summed E-state index contributed by atoms with van der Waals surface area (Å²) in [6.45, 7) is 0.480. The van der Waals surface area contributed by atoms with Crippen LogP contribution in [0.3, 0.4) is 0 Å². The Hall–Kier alpha value is -3.71. The number of amides is 2. The Bertz CT molecular complexity index is 1440. The molecule has 0 unspecified atom stereocenters. The summed E-state index contributed by atoms with van der Waals surface area (Å²) < 4.78 is 19.6. The average Bonchev–Trinajstić information content (AvgIpc) is 3.66. The van der Waals surface area contributed by atoms with Crippen LogP contribution in [-0.4, -0.2) is 23.6 Å². The van der Waals surface area contributed by atoms with Crippen LogP contribution >= 0.6 is 11.6 Å². The van der Waals surface area contributed by atoms with E-state index in [1.807, 2.05) is 54.6 Å². The molecule has 0 N–H and O–H groups in total. The number of fused-ring (bicyclic) bond motifs is 8. The van der Waals surface area contributed by atoms with Gasteiger partial charge < -0.3 is 9.57 Å². The molecule has 1 saturated heterocycles. The lowest BCUT2D eigenvalue weighted by Crippen LogP contribution is -2.41. The number of oxime groups is 1. The van der Waals surface area contributed by atoms with E-state index in [0.29, 0.717) is 12.3 Å². The zero-order chi connectivity index (χ0) is 25.3. The second-order valence-electron chi connectivity index (χ2n) is 10.1. The molecule has 0 spiro atoms. The highest BCUT2D eigenvalue weighted by Crippen LogP contribution is 2.62. The van der Waals surface area contributed by atoms with E-state index in [-0.39, 0.29) is 40.7 Å². The molecule has 3 aromatic rings. The fourth-order valence-electron chi connectivity index (χ4n) is 6.71. The summed E-state index contributed by atoms with van der Waals surface area (Å²) in [7, 11) is 0. The fraction of sp³-hybridized carbons (Fsp3) is 0.276. The van der Waals surface area contributed by atoms with Crippen LogP contribution in [0.1, 0.15) is 17.5 Å². The minimum Gasteiger partial charge on any atom is -0.489 e. The molecule has 3 aromatic carbocycles. The Morgan fingerprint density at radius 3 is 2.41 bits per heavy atom. The molecule has 2 bridgehead atoms. The highest BCUT2D eigenvalue weighted by Gasteiger charge is 2.70. The molecule has 37 heavy (non-hydrogen) atoms. The summed E-state index contributed by atoms with van der Waals surface area (Å²) >= 11 is 5.94. The number of benzene rings is 3. The van der Waals surface area contributed by atoms with Crippen molar-refractivity contribution in [3.05, 3.63) is 94.8 Å². The first-order valence-electron chi connectivity index (χ1n) is 12.3. The molecular weight excluding hydrogens is 495 g/mol. The molecule has 6 nitrogen and oxygen atoms in total. The third kappa shape index (κ3) is 3.40. The SMILES string of the molecule is O=C1[C@@H]2[C@@H]3C[C@@H]([C@H]4C(c5ccc(OCc6ccccc6)cc5)=NO[C@@H]34)[C@@H]2C(=O)N1c1ccc(F)c(Cl)c1. The standard InChI is InChI=1S/C29H22ClFN2O4/c30-21-12-17(8-11-22(21)31)33-28(34)23-19-13-20(24(23)29(33)35)27-25(19)26(32-37-27)16-6-9-18(10-7-16)36-14-15-4-2-1-3-5-15/h1-12,19-20,23-25,27H,13-14H2/t19-,20+,23+,24-,25+,27+/m1/s1. The van der Waals surface area contributed by atoms with Crippen LogP contribution in [0.2, 0.25) is 5.02 Å². The molecule has 2 saturated carbocycles. The predicted octanol–water partition coefficient (Wildman–Crippen LogP) is 5.23. The van der Waals surface area contributed by atoms with Gasteiger partial charge in [0.05, 0.1) is 28.3 Å². The Morgan fingerprint density at radius 2 is 1.68 bits per heavy atom. The largest absolute Gasteiger partial charge is 0.489 e. The van der Waals surface area contributed by atoms with Crippen LogP contribution in [-0.2, 0) is 21.0 Å². The van der Waals surface area contributed by atoms with E-state index < -0.39 is 17.7 Å². The van der Waals surface area contributed by atoms with Crippen LogP contribution in [0, 0.1) is 35.4 Å². The van der Waals surface area contributed by atoms with Gasteiger partial charge in [-0.15, -0.1) is 0 Å². The van der Waals surface area contributed by atoms with Gasteiger partial charge in [0, 0.05) is 17.4 Å². The number of ether oxygens (including phenoxy) is 1. The number of carbonyl (C=O) groups excluding carboxylic acids is 2. The highest BCUT2D eigenvalue weighted by molar-refractivity contribution is 6.31. The summed E-state index contributed by atoms with van der Waals surface area (Å²) in [5, 5.41) is 4.29.